The second-order valence-electron chi connectivity index (χ2n) is 5.39. The van der Waals surface area contributed by atoms with Crippen LogP contribution in [0.4, 0.5) is 19.0 Å². The van der Waals surface area contributed by atoms with Crippen molar-refractivity contribution < 1.29 is 18.0 Å². The Kier molecular flexibility index (Phi) is 5.50. The van der Waals surface area contributed by atoms with E-state index in [9.17, 15) is 18.0 Å². The van der Waals surface area contributed by atoms with Gasteiger partial charge in [-0.05, 0) is 33.6 Å². The molecule has 3 rings (SSSR count). The fourth-order valence-electron chi connectivity index (χ4n) is 2.14. The van der Waals surface area contributed by atoms with Crippen molar-refractivity contribution in [3.05, 3.63) is 61.9 Å². The van der Waals surface area contributed by atoms with E-state index in [0.29, 0.717) is 27.1 Å². The van der Waals surface area contributed by atoms with Crippen LogP contribution in [-0.4, -0.2) is 25.9 Å². The SMILES string of the molecule is O=C(Nc1nn(Cc2ccc(Cl)c(Cl)c2)cc1Br)c1cc(C(F)(F)F)[nH]n1. The van der Waals surface area contributed by atoms with Crippen molar-refractivity contribution in [3.63, 3.8) is 0 Å². The van der Waals surface area contributed by atoms with Gasteiger partial charge in [-0.1, -0.05) is 29.3 Å². The summed E-state index contributed by atoms with van der Waals surface area (Å²) in [5.41, 5.74) is -0.704. The topological polar surface area (TPSA) is 75.6 Å². The highest BCUT2D eigenvalue weighted by atomic mass is 79.9. The van der Waals surface area contributed by atoms with Crippen molar-refractivity contribution in [3.8, 4) is 0 Å². The van der Waals surface area contributed by atoms with Gasteiger partial charge in [-0.15, -0.1) is 0 Å². The Labute approximate surface area is 168 Å². The first-order valence-corrected chi connectivity index (χ1v) is 8.79. The second-order valence-corrected chi connectivity index (χ2v) is 7.06. The van der Waals surface area contributed by atoms with E-state index in [0.717, 1.165) is 5.56 Å². The smallest absolute Gasteiger partial charge is 0.303 e. The van der Waals surface area contributed by atoms with E-state index in [1.54, 1.807) is 29.5 Å². The molecule has 0 aliphatic rings. The molecule has 2 N–H and O–H groups in total. The molecule has 3 aromatic rings. The maximum Gasteiger partial charge on any atom is 0.432 e. The van der Waals surface area contributed by atoms with Gasteiger partial charge in [-0.25, -0.2) is 0 Å². The number of aromatic amines is 1. The van der Waals surface area contributed by atoms with Gasteiger partial charge in [-0.2, -0.15) is 23.4 Å². The number of hydrogen-bond acceptors (Lipinski definition) is 3. The molecule has 0 atom stereocenters. The molecule has 0 spiro atoms. The zero-order valence-electron chi connectivity index (χ0n) is 13.1. The maximum atomic E-state index is 12.6. The van der Waals surface area contributed by atoms with Gasteiger partial charge in [0.25, 0.3) is 5.91 Å². The molecule has 0 unspecified atom stereocenters. The van der Waals surface area contributed by atoms with E-state index in [1.165, 1.54) is 4.68 Å². The summed E-state index contributed by atoms with van der Waals surface area (Å²) in [7, 11) is 0. The van der Waals surface area contributed by atoms with Crippen LogP contribution in [0.5, 0.6) is 0 Å². The van der Waals surface area contributed by atoms with E-state index in [4.69, 9.17) is 23.2 Å². The predicted octanol–water partition coefficient (Wildman–Crippen LogP) is 4.99. The van der Waals surface area contributed by atoms with Crippen LogP contribution in [0.3, 0.4) is 0 Å². The minimum atomic E-state index is -4.62. The largest absolute Gasteiger partial charge is 0.432 e. The van der Waals surface area contributed by atoms with Gasteiger partial charge in [0.1, 0.15) is 5.69 Å². The molecule has 1 aromatic carbocycles. The molecule has 6 nitrogen and oxygen atoms in total. The molecule has 0 radical (unpaired) electrons. The van der Waals surface area contributed by atoms with Gasteiger partial charge in [0.2, 0.25) is 0 Å². The standard InChI is InChI=1S/C15H9BrCl2F3N5O/c16-8-6-26(5-7-1-2-9(17)10(18)3-7)25-13(8)22-14(27)11-4-12(24-23-11)15(19,20)21/h1-4,6H,5H2,(H,23,24)(H,22,25,27). The number of carbonyl (C=O) groups excluding carboxylic acids is 1. The molecule has 0 aliphatic heterocycles. The minimum Gasteiger partial charge on any atom is -0.303 e. The molecule has 2 heterocycles. The Balaban J connectivity index is 1.73. The number of halogens is 6. The van der Waals surface area contributed by atoms with Crippen molar-refractivity contribution in [2.45, 2.75) is 12.7 Å². The van der Waals surface area contributed by atoms with Gasteiger partial charge in [-0.3, -0.25) is 14.6 Å². The van der Waals surface area contributed by atoms with Gasteiger partial charge < -0.3 is 5.32 Å². The molecule has 0 saturated heterocycles. The average molecular weight is 483 g/mol. The summed E-state index contributed by atoms with van der Waals surface area (Å²) in [5.74, 6) is -0.696. The number of H-pyrrole nitrogens is 1. The van der Waals surface area contributed by atoms with Crippen LogP contribution >= 0.6 is 39.1 Å². The molecule has 142 valence electrons. The second kappa shape index (κ2) is 7.53. The fourth-order valence-corrected chi connectivity index (χ4v) is 2.88. The average Bonchev–Trinajstić information content (AvgIpc) is 3.18. The normalized spacial score (nSPS) is 11.6. The van der Waals surface area contributed by atoms with E-state index >= 15 is 0 Å². The van der Waals surface area contributed by atoms with Gasteiger partial charge in [0, 0.05) is 12.3 Å². The number of nitrogens with zero attached hydrogens (tertiary/aromatic N) is 3. The zero-order chi connectivity index (χ0) is 19.8. The van der Waals surface area contributed by atoms with Crippen LogP contribution < -0.4 is 5.32 Å². The molecular weight excluding hydrogens is 474 g/mol. The van der Waals surface area contributed by atoms with E-state index in [1.807, 2.05) is 0 Å². The lowest BCUT2D eigenvalue weighted by Crippen LogP contribution is -2.13. The summed E-state index contributed by atoms with van der Waals surface area (Å²) in [6.07, 6.45) is -3.02. The highest BCUT2D eigenvalue weighted by molar-refractivity contribution is 9.10. The molecule has 0 saturated carbocycles. The van der Waals surface area contributed by atoms with Gasteiger partial charge in [0.05, 0.1) is 21.1 Å². The van der Waals surface area contributed by atoms with Crippen LogP contribution in [0.15, 0.2) is 34.9 Å². The van der Waals surface area contributed by atoms with E-state index in [2.05, 4.69) is 31.4 Å². The summed E-state index contributed by atoms with van der Waals surface area (Å²) in [4.78, 5) is 12.1. The third kappa shape index (κ3) is 4.63. The fraction of sp³-hybridized carbons (Fsp3) is 0.133. The molecule has 12 heteroatoms. The van der Waals surface area contributed by atoms with Gasteiger partial charge in [0.15, 0.2) is 11.5 Å². The van der Waals surface area contributed by atoms with Crippen LogP contribution in [0.25, 0.3) is 0 Å². The molecule has 27 heavy (non-hydrogen) atoms. The van der Waals surface area contributed by atoms with Crippen molar-refractivity contribution in [2.75, 3.05) is 5.32 Å². The third-order valence-electron chi connectivity index (χ3n) is 3.39. The predicted molar refractivity (Wildman–Crippen MR) is 97.0 cm³/mol. The summed E-state index contributed by atoms with van der Waals surface area (Å²) in [6.45, 7) is 0.339. The van der Waals surface area contributed by atoms with E-state index in [-0.39, 0.29) is 5.82 Å². The van der Waals surface area contributed by atoms with Crippen LogP contribution in [0, 0.1) is 0 Å². The molecule has 0 bridgehead atoms. The number of amides is 1. The quantitative estimate of drug-likeness (QED) is 0.549. The molecular formula is C15H9BrCl2F3N5O. The number of aromatic nitrogens is 4. The number of rotatable bonds is 4. The minimum absolute atomic E-state index is 0.136. The number of carbonyl (C=O) groups is 1. The Hall–Kier alpha value is -2.04. The lowest BCUT2D eigenvalue weighted by Gasteiger charge is -2.04. The highest BCUT2D eigenvalue weighted by Gasteiger charge is 2.34. The number of hydrogen-bond donors (Lipinski definition) is 2. The molecule has 2 aromatic heterocycles. The summed E-state index contributed by atoms with van der Waals surface area (Å²) in [6, 6.07) is 5.72. The molecule has 1 amide bonds. The Morgan fingerprint density at radius 3 is 2.63 bits per heavy atom. The Bertz CT molecular complexity index is 1000. The maximum absolute atomic E-state index is 12.6. The zero-order valence-corrected chi connectivity index (χ0v) is 16.2. The van der Waals surface area contributed by atoms with Crippen molar-refractivity contribution >= 4 is 50.9 Å². The van der Waals surface area contributed by atoms with Crippen molar-refractivity contribution in [2.24, 2.45) is 0 Å². The summed E-state index contributed by atoms with van der Waals surface area (Å²) >= 11 is 15.1. The monoisotopic (exact) mass is 481 g/mol. The highest BCUT2D eigenvalue weighted by Crippen LogP contribution is 2.28. The number of alkyl halides is 3. The van der Waals surface area contributed by atoms with Crippen LogP contribution in [-0.2, 0) is 12.7 Å². The third-order valence-corrected chi connectivity index (χ3v) is 4.71. The first-order valence-electron chi connectivity index (χ1n) is 7.24. The number of anilines is 1. The van der Waals surface area contributed by atoms with Crippen molar-refractivity contribution in [1.82, 2.24) is 20.0 Å². The summed E-state index contributed by atoms with van der Waals surface area (Å²) in [5, 5.41) is 12.5. The van der Waals surface area contributed by atoms with Crippen molar-refractivity contribution in [1.29, 1.82) is 0 Å². The Morgan fingerprint density at radius 2 is 2.00 bits per heavy atom. The first kappa shape index (κ1) is 19.7. The van der Waals surface area contributed by atoms with Crippen LogP contribution in [0.2, 0.25) is 10.0 Å². The molecule has 0 fully saturated rings. The van der Waals surface area contributed by atoms with Gasteiger partial charge >= 0.3 is 6.18 Å². The number of nitrogens with one attached hydrogen (secondary N) is 2. The first-order chi connectivity index (χ1) is 12.6. The van der Waals surface area contributed by atoms with Crippen LogP contribution in [0.1, 0.15) is 21.7 Å². The summed E-state index contributed by atoms with van der Waals surface area (Å²) < 4.78 is 39.7. The lowest BCUT2D eigenvalue weighted by atomic mass is 10.2. The lowest BCUT2D eigenvalue weighted by molar-refractivity contribution is -0.141. The Morgan fingerprint density at radius 1 is 1.26 bits per heavy atom. The van der Waals surface area contributed by atoms with E-state index < -0.39 is 23.5 Å². The number of benzene rings is 1. The molecule has 0 aliphatic carbocycles.